The van der Waals surface area contributed by atoms with Crippen LogP contribution in [0.15, 0.2) is 66.4 Å². The number of fused-ring (bicyclic) bond motifs is 4. The SMILES string of the molecule is [C-]#[N+]/C(C#N)=C1\c2cc(-c3ccccc3)ccc2-c2nc3cc(C#N)c(C#N)cc3nc21. The Kier molecular flexibility index (Phi) is 4.20. The van der Waals surface area contributed by atoms with Crippen LogP contribution in [0.3, 0.4) is 0 Å². The molecule has 0 saturated heterocycles. The van der Waals surface area contributed by atoms with Crippen LogP contribution in [0.4, 0.5) is 0 Å². The summed E-state index contributed by atoms with van der Waals surface area (Å²) in [5.41, 5.74) is 6.10. The Morgan fingerprint density at radius 1 is 0.750 bits per heavy atom. The fourth-order valence-electron chi connectivity index (χ4n) is 3.92. The molecule has 0 radical (unpaired) electrons. The van der Waals surface area contributed by atoms with Gasteiger partial charge in [-0.3, -0.25) is 0 Å². The van der Waals surface area contributed by atoms with Gasteiger partial charge in [0.15, 0.2) is 0 Å². The van der Waals surface area contributed by atoms with Gasteiger partial charge in [0.05, 0.1) is 46.2 Å². The Labute approximate surface area is 183 Å². The van der Waals surface area contributed by atoms with E-state index in [9.17, 15) is 15.8 Å². The van der Waals surface area contributed by atoms with E-state index in [2.05, 4.69) is 9.83 Å². The van der Waals surface area contributed by atoms with Crippen molar-refractivity contribution in [1.82, 2.24) is 9.97 Å². The van der Waals surface area contributed by atoms with Crippen molar-refractivity contribution in [2.45, 2.75) is 0 Å². The summed E-state index contributed by atoms with van der Waals surface area (Å²) < 4.78 is 0. The first kappa shape index (κ1) is 18.7. The van der Waals surface area contributed by atoms with E-state index in [0.717, 1.165) is 16.7 Å². The Hall–Kier alpha value is -5.30. The third kappa shape index (κ3) is 2.70. The molecule has 5 rings (SSSR count). The molecule has 1 aromatic heterocycles. The molecule has 0 aliphatic heterocycles. The van der Waals surface area contributed by atoms with Crippen molar-refractivity contribution in [3.63, 3.8) is 0 Å². The van der Waals surface area contributed by atoms with Crippen molar-refractivity contribution in [2.24, 2.45) is 0 Å². The van der Waals surface area contributed by atoms with Crippen LogP contribution in [0, 0.1) is 40.6 Å². The van der Waals surface area contributed by atoms with Crippen LogP contribution in [0.2, 0.25) is 0 Å². The first-order chi connectivity index (χ1) is 15.7. The van der Waals surface area contributed by atoms with Gasteiger partial charge in [-0.15, -0.1) is 0 Å². The molecule has 6 heteroatoms. The molecule has 6 nitrogen and oxygen atoms in total. The number of hydrogen-bond donors (Lipinski definition) is 0. The lowest BCUT2D eigenvalue weighted by Crippen LogP contribution is -1.96. The Morgan fingerprint density at radius 3 is 2.00 bits per heavy atom. The van der Waals surface area contributed by atoms with E-state index in [4.69, 9.17) is 11.6 Å². The number of benzene rings is 3. The smallest absolute Gasteiger partial charge is 0.245 e. The summed E-state index contributed by atoms with van der Waals surface area (Å²) in [5.74, 6) is 0. The minimum atomic E-state index is -0.0713. The highest BCUT2D eigenvalue weighted by molar-refractivity contribution is 6.03. The molecule has 1 heterocycles. The highest BCUT2D eigenvalue weighted by Crippen LogP contribution is 2.46. The fraction of sp³-hybridized carbons (Fsp3) is 0. The van der Waals surface area contributed by atoms with E-state index in [0.29, 0.717) is 33.6 Å². The predicted octanol–water partition coefficient (Wildman–Crippen LogP) is 5.22. The maximum atomic E-state index is 9.64. The predicted molar refractivity (Wildman–Crippen MR) is 118 cm³/mol. The van der Waals surface area contributed by atoms with Crippen molar-refractivity contribution >= 4 is 16.6 Å². The summed E-state index contributed by atoms with van der Waals surface area (Å²) in [5, 5.41) is 28.3. The molecule has 3 aromatic carbocycles. The normalized spacial score (nSPS) is 12.6. The highest BCUT2D eigenvalue weighted by atomic mass is 14.9. The molecule has 0 atom stereocenters. The average molecular weight is 406 g/mol. The van der Waals surface area contributed by atoms with E-state index < -0.39 is 0 Å². The monoisotopic (exact) mass is 406 g/mol. The van der Waals surface area contributed by atoms with E-state index in [1.807, 2.05) is 66.7 Å². The Bertz CT molecular complexity index is 1640. The zero-order chi connectivity index (χ0) is 22.2. The highest BCUT2D eigenvalue weighted by Gasteiger charge is 2.30. The van der Waals surface area contributed by atoms with Crippen LogP contribution >= 0.6 is 0 Å². The first-order valence-electron chi connectivity index (χ1n) is 9.57. The van der Waals surface area contributed by atoms with Gasteiger partial charge in [0, 0.05) is 11.1 Å². The molecule has 0 N–H and O–H groups in total. The number of nitrogens with zero attached hydrogens (tertiary/aromatic N) is 6. The summed E-state index contributed by atoms with van der Waals surface area (Å²) in [4.78, 5) is 12.8. The average Bonchev–Trinajstić information content (AvgIpc) is 3.15. The van der Waals surface area contributed by atoms with Gasteiger partial charge in [-0.05, 0) is 34.9 Å². The molecule has 1 aliphatic carbocycles. The molecule has 0 unspecified atom stereocenters. The van der Waals surface area contributed by atoms with Crippen LogP contribution in [0.1, 0.15) is 22.4 Å². The number of aromatic nitrogens is 2. The third-order valence-corrected chi connectivity index (χ3v) is 5.39. The van der Waals surface area contributed by atoms with Crippen LogP contribution < -0.4 is 0 Å². The van der Waals surface area contributed by atoms with Gasteiger partial charge >= 0.3 is 0 Å². The lowest BCUT2D eigenvalue weighted by molar-refractivity contribution is 1.27. The molecule has 1 aliphatic rings. The number of hydrogen-bond acceptors (Lipinski definition) is 5. The largest absolute Gasteiger partial charge is 0.271 e. The Balaban J connectivity index is 1.84. The van der Waals surface area contributed by atoms with Crippen LogP contribution in [-0.2, 0) is 0 Å². The summed E-state index contributed by atoms with van der Waals surface area (Å²) in [7, 11) is 0. The Morgan fingerprint density at radius 2 is 1.41 bits per heavy atom. The van der Waals surface area contributed by atoms with Crippen LogP contribution in [-0.4, -0.2) is 9.97 Å². The lowest BCUT2D eigenvalue weighted by atomic mass is 9.97. The van der Waals surface area contributed by atoms with Crippen LogP contribution in [0.5, 0.6) is 0 Å². The molecule has 0 saturated carbocycles. The molecule has 4 aromatic rings. The molecular weight excluding hydrogens is 396 g/mol. The number of allylic oxidation sites excluding steroid dienone is 1. The van der Waals surface area contributed by atoms with Crippen molar-refractivity contribution in [2.75, 3.05) is 0 Å². The van der Waals surface area contributed by atoms with Gasteiger partial charge in [-0.25, -0.2) is 20.1 Å². The van der Waals surface area contributed by atoms with E-state index >= 15 is 0 Å². The maximum Gasteiger partial charge on any atom is 0.271 e. The van der Waals surface area contributed by atoms with Gasteiger partial charge < -0.3 is 0 Å². The van der Waals surface area contributed by atoms with Gasteiger partial charge in [-0.2, -0.15) is 10.5 Å². The topological polar surface area (TPSA) is 102 Å². The van der Waals surface area contributed by atoms with E-state index in [-0.39, 0.29) is 16.8 Å². The molecule has 32 heavy (non-hydrogen) atoms. The third-order valence-electron chi connectivity index (χ3n) is 5.39. The quantitative estimate of drug-likeness (QED) is 0.280. The molecule has 144 valence electrons. The molecule has 0 spiro atoms. The molecule has 0 fully saturated rings. The van der Waals surface area contributed by atoms with E-state index in [1.54, 1.807) is 6.07 Å². The fourth-order valence-corrected chi connectivity index (χ4v) is 3.92. The summed E-state index contributed by atoms with van der Waals surface area (Å²) in [6.45, 7) is 7.52. The van der Waals surface area contributed by atoms with Gasteiger partial charge in [0.1, 0.15) is 12.1 Å². The second-order valence-electron chi connectivity index (χ2n) is 7.10. The second kappa shape index (κ2) is 7.19. The maximum absolute atomic E-state index is 9.64. The van der Waals surface area contributed by atoms with Gasteiger partial charge in [0.2, 0.25) is 0 Å². The van der Waals surface area contributed by atoms with Crippen LogP contribution in [0.25, 0.3) is 43.8 Å². The molecule has 0 amide bonds. The zero-order valence-electron chi connectivity index (χ0n) is 16.5. The van der Waals surface area contributed by atoms with Gasteiger partial charge in [0.25, 0.3) is 5.70 Å². The number of rotatable bonds is 1. The van der Waals surface area contributed by atoms with Crippen molar-refractivity contribution in [1.29, 1.82) is 15.8 Å². The summed E-state index contributed by atoms with van der Waals surface area (Å²) >= 11 is 0. The lowest BCUT2D eigenvalue weighted by Gasteiger charge is -2.06. The minimum absolute atomic E-state index is 0.0713. The summed E-state index contributed by atoms with van der Waals surface area (Å²) in [6, 6.07) is 24.7. The standard InChI is InChI=1S/C26H10N6/c1-30-23(14-29)24-20-9-16(15-5-3-2-4-6-15)7-8-19(20)25-26(24)32-22-11-18(13-28)17(12-27)10-21(22)31-25/h2-11H/b24-23+. The number of nitriles is 3. The van der Waals surface area contributed by atoms with Crippen molar-refractivity contribution in [3.8, 4) is 40.6 Å². The molecular formula is C26H10N6. The first-order valence-corrected chi connectivity index (χ1v) is 9.57. The van der Waals surface area contributed by atoms with Crippen molar-refractivity contribution < 1.29 is 0 Å². The second-order valence-corrected chi connectivity index (χ2v) is 7.10. The molecule has 0 bridgehead atoms. The summed E-state index contributed by atoms with van der Waals surface area (Å²) in [6.07, 6.45) is 0. The van der Waals surface area contributed by atoms with Crippen molar-refractivity contribution in [3.05, 3.63) is 100 Å². The van der Waals surface area contributed by atoms with E-state index in [1.165, 1.54) is 6.07 Å². The minimum Gasteiger partial charge on any atom is -0.245 e. The zero-order valence-corrected chi connectivity index (χ0v) is 16.5. The van der Waals surface area contributed by atoms with Gasteiger partial charge in [-0.1, -0.05) is 42.5 Å².